The molecule has 0 spiro atoms. The van der Waals surface area contributed by atoms with Crippen molar-refractivity contribution in [1.29, 1.82) is 0 Å². The molecule has 2 atom stereocenters. The summed E-state index contributed by atoms with van der Waals surface area (Å²) >= 11 is 0. The van der Waals surface area contributed by atoms with Gasteiger partial charge in [-0.1, -0.05) is 6.92 Å². The zero-order chi connectivity index (χ0) is 10.2. The maximum atomic E-state index is 11.2. The Morgan fingerprint density at radius 1 is 1.54 bits per heavy atom. The quantitative estimate of drug-likeness (QED) is 0.640. The molecule has 0 radical (unpaired) electrons. The number of rotatable bonds is 1. The van der Waals surface area contributed by atoms with Gasteiger partial charge in [-0.15, -0.1) is 0 Å². The molecule has 1 aliphatic carbocycles. The van der Waals surface area contributed by atoms with Crippen LogP contribution >= 0.6 is 0 Å². The number of allylic oxidation sites excluding steroid dienone is 1. The summed E-state index contributed by atoms with van der Waals surface area (Å²) in [5.41, 5.74) is 0.186. The monoisotopic (exact) mass is 184 g/mol. The van der Waals surface area contributed by atoms with E-state index in [1.165, 1.54) is 6.92 Å². The summed E-state index contributed by atoms with van der Waals surface area (Å²) in [6, 6.07) is 0. The highest BCUT2D eigenvalue weighted by atomic mass is 16.4. The fourth-order valence-electron chi connectivity index (χ4n) is 1.57. The van der Waals surface area contributed by atoms with Crippen molar-refractivity contribution in [1.82, 2.24) is 0 Å². The van der Waals surface area contributed by atoms with E-state index in [-0.39, 0.29) is 29.5 Å². The van der Waals surface area contributed by atoms with E-state index >= 15 is 0 Å². The average Bonchev–Trinajstić information content (AvgIpc) is 1.99. The Hall–Kier alpha value is -1.32. The number of Topliss-reactive ketones (excluding diaryl/α,β-unsaturated/α-hetero) is 1. The molecule has 0 saturated heterocycles. The third-order valence-electron chi connectivity index (χ3n) is 2.44. The highest BCUT2D eigenvalue weighted by molar-refractivity contribution is 5.98. The van der Waals surface area contributed by atoms with Crippen molar-refractivity contribution >= 4 is 11.8 Å². The number of hydrogen-bond acceptors (Lipinski definition) is 3. The van der Waals surface area contributed by atoms with Crippen LogP contribution in [0.25, 0.3) is 0 Å². The van der Waals surface area contributed by atoms with Crippen LogP contribution in [-0.4, -0.2) is 22.0 Å². The number of hydrogen-bond donors (Lipinski definition) is 2. The first-order valence-electron chi connectivity index (χ1n) is 4.11. The van der Waals surface area contributed by atoms with E-state index in [0.29, 0.717) is 0 Å². The van der Waals surface area contributed by atoms with E-state index < -0.39 is 11.9 Å². The molecule has 0 amide bonds. The van der Waals surface area contributed by atoms with Crippen LogP contribution in [-0.2, 0) is 9.59 Å². The summed E-state index contributed by atoms with van der Waals surface area (Å²) in [4.78, 5) is 21.9. The van der Waals surface area contributed by atoms with Gasteiger partial charge in [0.15, 0.2) is 5.78 Å². The maximum Gasteiger partial charge on any atom is 0.314 e. The second-order valence-corrected chi connectivity index (χ2v) is 3.43. The molecule has 0 saturated carbocycles. The maximum absolute atomic E-state index is 11.2. The van der Waals surface area contributed by atoms with E-state index in [1.807, 2.05) is 0 Å². The molecular formula is C9H12O4. The van der Waals surface area contributed by atoms with Crippen molar-refractivity contribution in [3.05, 3.63) is 11.3 Å². The van der Waals surface area contributed by atoms with Crippen LogP contribution in [0.1, 0.15) is 20.3 Å². The van der Waals surface area contributed by atoms with Crippen LogP contribution in [0, 0.1) is 11.8 Å². The average molecular weight is 184 g/mol. The zero-order valence-corrected chi connectivity index (χ0v) is 7.57. The predicted molar refractivity (Wildman–Crippen MR) is 45.2 cm³/mol. The minimum Gasteiger partial charge on any atom is -0.511 e. The van der Waals surface area contributed by atoms with Gasteiger partial charge in [-0.25, -0.2) is 0 Å². The van der Waals surface area contributed by atoms with Crippen molar-refractivity contribution in [2.45, 2.75) is 20.3 Å². The Labute approximate surface area is 75.9 Å². The summed E-state index contributed by atoms with van der Waals surface area (Å²) in [7, 11) is 0. The number of ketones is 1. The van der Waals surface area contributed by atoms with Crippen molar-refractivity contribution in [2.75, 3.05) is 0 Å². The molecule has 4 heteroatoms. The Morgan fingerprint density at radius 3 is 2.54 bits per heavy atom. The molecule has 0 aromatic carbocycles. The lowest BCUT2D eigenvalue weighted by atomic mass is 9.80. The molecule has 0 fully saturated rings. The van der Waals surface area contributed by atoms with Gasteiger partial charge in [-0.05, 0) is 12.8 Å². The first-order chi connectivity index (χ1) is 5.95. The molecule has 2 N–H and O–H groups in total. The van der Waals surface area contributed by atoms with Crippen molar-refractivity contribution < 1.29 is 19.8 Å². The van der Waals surface area contributed by atoms with Gasteiger partial charge in [0.05, 0.1) is 0 Å². The Kier molecular flexibility index (Phi) is 2.40. The van der Waals surface area contributed by atoms with Crippen LogP contribution in [0.2, 0.25) is 0 Å². The summed E-state index contributed by atoms with van der Waals surface area (Å²) in [6.07, 6.45) is 0.201. The summed E-state index contributed by atoms with van der Waals surface area (Å²) < 4.78 is 0. The first-order valence-corrected chi connectivity index (χ1v) is 4.11. The van der Waals surface area contributed by atoms with Gasteiger partial charge in [0, 0.05) is 12.0 Å². The molecule has 1 aliphatic rings. The predicted octanol–water partition coefficient (Wildman–Crippen LogP) is 1.13. The number of aliphatic hydroxyl groups excluding tert-OH is 1. The number of carboxylic acid groups (broad SMARTS) is 1. The zero-order valence-electron chi connectivity index (χ0n) is 7.57. The normalized spacial score (nSPS) is 29.2. The lowest BCUT2D eigenvalue weighted by Crippen LogP contribution is -2.31. The van der Waals surface area contributed by atoms with E-state index in [2.05, 4.69) is 0 Å². The second-order valence-electron chi connectivity index (χ2n) is 3.43. The summed E-state index contributed by atoms with van der Waals surface area (Å²) in [6.45, 7) is 3.11. The van der Waals surface area contributed by atoms with Gasteiger partial charge in [0.2, 0.25) is 0 Å². The molecular weight excluding hydrogens is 172 g/mol. The molecule has 1 rings (SSSR count). The number of carbonyl (C=O) groups is 2. The van der Waals surface area contributed by atoms with Crippen LogP contribution in [0.15, 0.2) is 11.3 Å². The summed E-state index contributed by atoms with van der Waals surface area (Å²) in [5.74, 6) is -2.76. The van der Waals surface area contributed by atoms with E-state index in [1.54, 1.807) is 6.92 Å². The molecule has 2 unspecified atom stereocenters. The molecule has 0 aliphatic heterocycles. The second kappa shape index (κ2) is 3.20. The molecule has 4 nitrogen and oxygen atoms in total. The van der Waals surface area contributed by atoms with Crippen LogP contribution in [0.4, 0.5) is 0 Å². The van der Waals surface area contributed by atoms with E-state index in [4.69, 9.17) is 5.11 Å². The SMILES string of the molecule is CC1=C(O)C(C(=O)O)C(C)CC1=O. The number of aliphatic carboxylic acids is 1. The smallest absolute Gasteiger partial charge is 0.314 e. The van der Waals surface area contributed by atoms with Gasteiger partial charge < -0.3 is 10.2 Å². The molecule has 72 valence electrons. The number of aliphatic hydroxyl groups is 1. The molecule has 0 aromatic heterocycles. The Bertz CT molecular complexity index is 290. The lowest BCUT2D eigenvalue weighted by Gasteiger charge is -2.25. The first kappa shape index (κ1) is 9.77. The highest BCUT2D eigenvalue weighted by Crippen LogP contribution is 2.31. The van der Waals surface area contributed by atoms with E-state index in [0.717, 1.165) is 0 Å². The molecule has 0 heterocycles. The largest absolute Gasteiger partial charge is 0.511 e. The van der Waals surface area contributed by atoms with Gasteiger partial charge in [-0.2, -0.15) is 0 Å². The van der Waals surface area contributed by atoms with Gasteiger partial charge in [0.1, 0.15) is 11.7 Å². The Balaban J connectivity index is 3.10. The van der Waals surface area contributed by atoms with Gasteiger partial charge >= 0.3 is 5.97 Å². The minimum absolute atomic E-state index is 0.164. The van der Waals surface area contributed by atoms with Gasteiger partial charge in [0.25, 0.3) is 0 Å². The van der Waals surface area contributed by atoms with Gasteiger partial charge in [-0.3, -0.25) is 9.59 Å². The third kappa shape index (κ3) is 1.56. The highest BCUT2D eigenvalue weighted by Gasteiger charge is 2.36. The molecule has 13 heavy (non-hydrogen) atoms. The van der Waals surface area contributed by atoms with Crippen molar-refractivity contribution in [3.63, 3.8) is 0 Å². The van der Waals surface area contributed by atoms with Crippen molar-refractivity contribution in [2.24, 2.45) is 11.8 Å². The molecule has 0 aromatic rings. The van der Waals surface area contributed by atoms with Crippen molar-refractivity contribution in [3.8, 4) is 0 Å². The molecule has 0 bridgehead atoms. The van der Waals surface area contributed by atoms with Crippen LogP contribution in [0.3, 0.4) is 0 Å². The fraction of sp³-hybridized carbons (Fsp3) is 0.556. The van der Waals surface area contributed by atoms with Crippen LogP contribution in [0.5, 0.6) is 0 Å². The standard InChI is InChI=1S/C9H12O4/c1-4-3-6(10)5(2)8(11)7(4)9(12)13/h4,7,11H,3H2,1-2H3,(H,12,13). The third-order valence-corrected chi connectivity index (χ3v) is 2.44. The Morgan fingerprint density at radius 2 is 2.08 bits per heavy atom. The lowest BCUT2D eigenvalue weighted by molar-refractivity contribution is -0.143. The topological polar surface area (TPSA) is 74.6 Å². The minimum atomic E-state index is -1.07. The van der Waals surface area contributed by atoms with E-state index in [9.17, 15) is 14.7 Å². The van der Waals surface area contributed by atoms with Crippen LogP contribution < -0.4 is 0 Å². The fourth-order valence-corrected chi connectivity index (χ4v) is 1.57. The summed E-state index contributed by atoms with van der Waals surface area (Å²) in [5, 5.41) is 18.2. The number of carboxylic acids is 1. The number of carbonyl (C=O) groups excluding carboxylic acids is 1.